The molecule has 1 aromatic heterocycles. The lowest BCUT2D eigenvalue weighted by Gasteiger charge is -2.16. The average molecular weight is 256 g/mol. The largest absolute Gasteiger partial charge is 0.482 e. The third-order valence-electron chi connectivity index (χ3n) is 2.67. The van der Waals surface area contributed by atoms with Gasteiger partial charge in [0.15, 0.2) is 11.6 Å². The molecule has 0 amide bonds. The summed E-state index contributed by atoms with van der Waals surface area (Å²) in [5, 5.41) is 0. The predicted molar refractivity (Wildman–Crippen MR) is 72.0 cm³/mol. The Balaban J connectivity index is 2.24. The van der Waals surface area contributed by atoms with E-state index >= 15 is 0 Å². The normalized spacial score (nSPS) is 11.6. The first-order valence-corrected chi connectivity index (χ1v) is 5.74. The first kappa shape index (κ1) is 12.9. The number of nitrogens with two attached hydrogens (primary N) is 1. The van der Waals surface area contributed by atoms with Crippen molar-refractivity contribution in [2.24, 2.45) is 0 Å². The summed E-state index contributed by atoms with van der Waals surface area (Å²) in [6.07, 6.45) is 6.44. The van der Waals surface area contributed by atoms with Crippen LogP contribution in [0.25, 0.3) is 0 Å². The molecule has 2 rings (SSSR count). The molecular formula is C15H13FN2O. The number of aromatic nitrogens is 1. The quantitative estimate of drug-likeness (QED) is 0.859. The Morgan fingerprint density at radius 2 is 2.21 bits per heavy atom. The summed E-state index contributed by atoms with van der Waals surface area (Å²) in [7, 11) is 0. The van der Waals surface area contributed by atoms with Crippen molar-refractivity contribution in [2.75, 3.05) is 5.73 Å². The molecule has 0 radical (unpaired) electrons. The number of pyridine rings is 1. The Kier molecular flexibility index (Phi) is 3.67. The Morgan fingerprint density at radius 1 is 1.42 bits per heavy atom. The predicted octanol–water partition coefficient (Wildman–Crippen LogP) is 2.92. The summed E-state index contributed by atoms with van der Waals surface area (Å²) in [6, 6.07) is 7.84. The van der Waals surface area contributed by atoms with Crippen LogP contribution in [0, 0.1) is 18.2 Å². The number of anilines is 1. The van der Waals surface area contributed by atoms with Crippen LogP contribution in [0.15, 0.2) is 36.5 Å². The molecule has 1 aromatic carbocycles. The van der Waals surface area contributed by atoms with E-state index in [1.807, 2.05) is 0 Å². The summed E-state index contributed by atoms with van der Waals surface area (Å²) in [5.74, 6) is 2.80. The lowest BCUT2D eigenvalue weighted by atomic mass is 10.1. The molecule has 0 fully saturated rings. The number of rotatable bonds is 3. The minimum atomic E-state index is -0.354. The molecule has 96 valence electrons. The third-order valence-corrected chi connectivity index (χ3v) is 2.67. The topological polar surface area (TPSA) is 48.1 Å². The second-order valence-electron chi connectivity index (χ2n) is 4.07. The van der Waals surface area contributed by atoms with Crippen molar-refractivity contribution in [3.05, 3.63) is 53.5 Å². The fraction of sp³-hybridized carbons (Fsp3) is 0.133. The number of hydrogen-bond donors (Lipinski definition) is 1. The van der Waals surface area contributed by atoms with E-state index in [0.717, 1.165) is 0 Å². The summed E-state index contributed by atoms with van der Waals surface area (Å²) in [5.41, 5.74) is 7.01. The highest BCUT2D eigenvalue weighted by molar-refractivity contribution is 5.50. The molecule has 4 heteroatoms. The third kappa shape index (κ3) is 3.02. The van der Waals surface area contributed by atoms with E-state index in [1.165, 1.54) is 18.3 Å². The van der Waals surface area contributed by atoms with Gasteiger partial charge in [0.05, 0.1) is 0 Å². The van der Waals surface area contributed by atoms with Crippen LogP contribution in [0.5, 0.6) is 5.75 Å². The van der Waals surface area contributed by atoms with Gasteiger partial charge in [-0.25, -0.2) is 9.37 Å². The zero-order valence-electron chi connectivity index (χ0n) is 10.4. The van der Waals surface area contributed by atoms with E-state index in [2.05, 4.69) is 10.9 Å². The van der Waals surface area contributed by atoms with Gasteiger partial charge < -0.3 is 10.5 Å². The highest BCUT2D eigenvalue weighted by Crippen LogP contribution is 2.26. The number of hydrogen-bond acceptors (Lipinski definition) is 3. The van der Waals surface area contributed by atoms with Crippen LogP contribution in [0.3, 0.4) is 0 Å². The summed E-state index contributed by atoms with van der Waals surface area (Å²) in [4.78, 5) is 3.95. The number of nitrogen functional groups attached to an aromatic ring is 1. The van der Waals surface area contributed by atoms with Crippen molar-refractivity contribution in [3.63, 3.8) is 0 Å². The van der Waals surface area contributed by atoms with Gasteiger partial charge >= 0.3 is 0 Å². The molecule has 3 nitrogen and oxygen atoms in total. The van der Waals surface area contributed by atoms with Crippen LogP contribution in [0.1, 0.15) is 24.2 Å². The molecule has 0 aliphatic heterocycles. The standard InChI is InChI=1S/C15H13FN2O/c1-3-11-7-14(15(17)18-9-11)19-10(2)12-5-4-6-13(16)8-12/h1,4-10H,2H3,(H2,17,18). The van der Waals surface area contributed by atoms with Crippen LogP contribution in [0.4, 0.5) is 10.2 Å². The van der Waals surface area contributed by atoms with Gasteiger partial charge in [-0.05, 0) is 24.6 Å². The first-order valence-electron chi connectivity index (χ1n) is 5.74. The van der Waals surface area contributed by atoms with Crippen LogP contribution < -0.4 is 10.5 Å². The number of terminal acetylenes is 1. The summed E-state index contributed by atoms with van der Waals surface area (Å²) < 4.78 is 18.8. The second-order valence-corrected chi connectivity index (χ2v) is 4.07. The minimum Gasteiger partial charge on any atom is -0.482 e. The molecule has 1 unspecified atom stereocenters. The van der Waals surface area contributed by atoms with Gasteiger partial charge in [0.1, 0.15) is 11.9 Å². The zero-order chi connectivity index (χ0) is 13.8. The van der Waals surface area contributed by atoms with E-state index < -0.39 is 0 Å². The van der Waals surface area contributed by atoms with Crippen molar-refractivity contribution in [3.8, 4) is 18.1 Å². The van der Waals surface area contributed by atoms with Gasteiger partial charge in [-0.1, -0.05) is 18.1 Å². The van der Waals surface area contributed by atoms with Gasteiger partial charge in [-0.15, -0.1) is 6.42 Å². The van der Waals surface area contributed by atoms with Gasteiger partial charge in [-0.3, -0.25) is 0 Å². The molecule has 0 saturated heterocycles. The molecule has 0 aliphatic rings. The molecule has 2 aromatic rings. The second kappa shape index (κ2) is 5.40. The van der Waals surface area contributed by atoms with Gasteiger partial charge in [0, 0.05) is 17.8 Å². The van der Waals surface area contributed by atoms with Crippen LogP contribution in [0.2, 0.25) is 0 Å². The SMILES string of the molecule is C#Cc1cnc(N)c(OC(C)c2cccc(F)c2)c1. The average Bonchev–Trinajstić information content (AvgIpc) is 2.41. The lowest BCUT2D eigenvalue weighted by Crippen LogP contribution is -2.06. The van der Waals surface area contributed by atoms with E-state index in [-0.39, 0.29) is 17.7 Å². The highest BCUT2D eigenvalue weighted by atomic mass is 19.1. The Bertz CT molecular complexity index is 634. The molecule has 2 N–H and O–H groups in total. The van der Waals surface area contributed by atoms with Crippen molar-refractivity contribution in [1.29, 1.82) is 0 Å². The van der Waals surface area contributed by atoms with Crippen LogP contribution in [-0.2, 0) is 0 Å². The zero-order valence-corrected chi connectivity index (χ0v) is 10.4. The molecule has 0 bridgehead atoms. The van der Waals surface area contributed by atoms with Crippen LogP contribution in [-0.4, -0.2) is 4.98 Å². The smallest absolute Gasteiger partial charge is 0.166 e. The van der Waals surface area contributed by atoms with Crippen molar-refractivity contribution in [2.45, 2.75) is 13.0 Å². The summed E-state index contributed by atoms with van der Waals surface area (Å²) >= 11 is 0. The Hall–Kier alpha value is -2.54. The fourth-order valence-corrected chi connectivity index (χ4v) is 1.65. The maximum Gasteiger partial charge on any atom is 0.166 e. The van der Waals surface area contributed by atoms with Crippen molar-refractivity contribution >= 4 is 5.82 Å². The minimum absolute atomic E-state index is 0.252. The molecule has 0 aliphatic carbocycles. The Labute approximate surface area is 111 Å². The van der Waals surface area contributed by atoms with E-state index in [0.29, 0.717) is 16.9 Å². The summed E-state index contributed by atoms with van der Waals surface area (Å²) in [6.45, 7) is 1.80. The molecule has 19 heavy (non-hydrogen) atoms. The number of ether oxygens (including phenoxy) is 1. The first-order chi connectivity index (χ1) is 9.10. The van der Waals surface area contributed by atoms with Gasteiger partial charge in [0.25, 0.3) is 0 Å². The lowest BCUT2D eigenvalue weighted by molar-refractivity contribution is 0.227. The fourth-order valence-electron chi connectivity index (χ4n) is 1.65. The van der Waals surface area contributed by atoms with E-state index in [1.54, 1.807) is 25.1 Å². The number of benzene rings is 1. The molecule has 0 saturated carbocycles. The molecule has 1 heterocycles. The van der Waals surface area contributed by atoms with Gasteiger partial charge in [-0.2, -0.15) is 0 Å². The van der Waals surface area contributed by atoms with Crippen LogP contribution >= 0.6 is 0 Å². The monoisotopic (exact) mass is 256 g/mol. The Morgan fingerprint density at radius 3 is 2.89 bits per heavy atom. The van der Waals surface area contributed by atoms with Crippen molar-refractivity contribution < 1.29 is 9.13 Å². The molecule has 0 spiro atoms. The highest BCUT2D eigenvalue weighted by Gasteiger charge is 2.11. The maximum atomic E-state index is 13.1. The number of nitrogens with zero attached hydrogens (tertiary/aromatic N) is 1. The molecular weight excluding hydrogens is 243 g/mol. The molecule has 1 atom stereocenters. The number of halogens is 1. The van der Waals surface area contributed by atoms with Gasteiger partial charge in [0.2, 0.25) is 0 Å². The van der Waals surface area contributed by atoms with E-state index in [9.17, 15) is 4.39 Å². The van der Waals surface area contributed by atoms with Crippen molar-refractivity contribution in [1.82, 2.24) is 4.98 Å². The van der Waals surface area contributed by atoms with E-state index in [4.69, 9.17) is 16.9 Å². The maximum absolute atomic E-state index is 13.1.